The molecule has 0 heterocycles. The first kappa shape index (κ1) is 4.71. The van der Waals surface area contributed by atoms with Crippen LogP contribution in [0.2, 0.25) is 0 Å². The highest BCUT2D eigenvalue weighted by atomic mass is 32.2. The number of allylic oxidation sites excluding steroid dienone is 2. The topological polar surface area (TPSA) is 37.3 Å². The highest BCUT2D eigenvalue weighted by Crippen LogP contribution is 2.31. The van der Waals surface area contributed by atoms with E-state index in [0.717, 1.165) is 23.1 Å². The van der Waals surface area contributed by atoms with E-state index in [-0.39, 0.29) is 0 Å². The Morgan fingerprint density at radius 1 is 2.00 bits per heavy atom. The lowest BCUT2D eigenvalue weighted by Crippen LogP contribution is -1.77. The summed E-state index contributed by atoms with van der Waals surface area (Å²) in [5.74, 6) is 0. The van der Waals surface area contributed by atoms with Gasteiger partial charge in [0, 0.05) is 0 Å². The van der Waals surface area contributed by atoms with E-state index < -0.39 is 5.30 Å². The van der Waals surface area contributed by atoms with Gasteiger partial charge in [0.25, 0.3) is 0 Å². The van der Waals surface area contributed by atoms with Crippen molar-refractivity contribution in [3.8, 4) is 0 Å². The van der Waals surface area contributed by atoms with Gasteiger partial charge in [0.1, 0.15) is 0 Å². The van der Waals surface area contributed by atoms with Crippen molar-refractivity contribution in [1.82, 2.24) is 0 Å². The normalized spacial score (nSPS) is 15.7. The lowest BCUT2D eigenvalue weighted by molar-refractivity contribution is 0.222. The van der Waals surface area contributed by atoms with Gasteiger partial charge >= 0.3 is 5.30 Å². The quantitative estimate of drug-likeness (QED) is 0.566. The Bertz CT molecular complexity index is 128. The third-order valence-corrected chi connectivity index (χ3v) is 1.36. The molecular formula is C4H4O2S. The molecule has 0 saturated carbocycles. The molecule has 0 unspecified atom stereocenters. The number of hydrogen-bond acceptors (Lipinski definition) is 2. The van der Waals surface area contributed by atoms with Gasteiger partial charge in [0.15, 0.2) is 0 Å². The first-order valence-corrected chi connectivity index (χ1v) is 2.70. The maximum atomic E-state index is 9.77. The highest BCUT2D eigenvalue weighted by molar-refractivity contribution is 8.16. The molecule has 0 amide bonds. The van der Waals surface area contributed by atoms with Gasteiger partial charge in [-0.3, -0.25) is 0 Å². The van der Waals surface area contributed by atoms with Gasteiger partial charge in [0.05, 0.1) is 0 Å². The first-order valence-electron chi connectivity index (χ1n) is 1.89. The van der Waals surface area contributed by atoms with Crippen molar-refractivity contribution in [1.29, 1.82) is 0 Å². The number of rotatable bonds is 1. The van der Waals surface area contributed by atoms with Crippen LogP contribution in [0.1, 0.15) is 6.42 Å². The molecule has 0 spiro atoms. The molecule has 2 nitrogen and oxygen atoms in total. The average molecular weight is 116 g/mol. The Labute approximate surface area is 45.2 Å². The second kappa shape index (κ2) is 1.58. The van der Waals surface area contributed by atoms with Crippen LogP contribution in [0.25, 0.3) is 0 Å². The van der Waals surface area contributed by atoms with Gasteiger partial charge in [-0.2, -0.15) is 0 Å². The predicted molar refractivity (Wildman–Crippen MR) is 28.3 cm³/mol. The maximum absolute atomic E-state index is 9.77. The van der Waals surface area contributed by atoms with Crippen LogP contribution in [0.15, 0.2) is 11.0 Å². The largest absolute Gasteiger partial charge is 0.473 e. The fourth-order valence-electron chi connectivity index (χ4n) is 0.237. The molecule has 3 heteroatoms. The average Bonchev–Trinajstić information content (AvgIpc) is 2.17. The number of carbonyl (C=O) groups is 1. The van der Waals surface area contributed by atoms with Crippen molar-refractivity contribution >= 4 is 17.1 Å². The van der Waals surface area contributed by atoms with Crippen LogP contribution in [0.3, 0.4) is 0 Å². The summed E-state index contributed by atoms with van der Waals surface area (Å²) in [6.45, 7) is 0. The number of carboxylic acid groups (broad SMARTS) is 1. The second-order valence-electron chi connectivity index (χ2n) is 1.24. The van der Waals surface area contributed by atoms with Crippen LogP contribution in [0.5, 0.6) is 0 Å². The summed E-state index contributed by atoms with van der Waals surface area (Å²) < 4.78 is 0. The van der Waals surface area contributed by atoms with Gasteiger partial charge in [-0.1, -0.05) is 6.08 Å². The zero-order valence-electron chi connectivity index (χ0n) is 3.55. The van der Waals surface area contributed by atoms with E-state index in [1.165, 1.54) is 0 Å². The molecule has 1 aliphatic rings. The van der Waals surface area contributed by atoms with Crippen molar-refractivity contribution in [2.24, 2.45) is 0 Å². The Morgan fingerprint density at radius 3 is 2.71 bits per heavy atom. The van der Waals surface area contributed by atoms with Gasteiger partial charge in [-0.25, -0.2) is 4.79 Å². The van der Waals surface area contributed by atoms with Crippen molar-refractivity contribution in [2.75, 3.05) is 0 Å². The van der Waals surface area contributed by atoms with Gasteiger partial charge in [-0.05, 0) is 23.1 Å². The summed E-state index contributed by atoms with van der Waals surface area (Å²) in [5, 5.41) is 7.24. The van der Waals surface area contributed by atoms with E-state index in [4.69, 9.17) is 5.11 Å². The minimum atomic E-state index is -0.802. The third-order valence-electron chi connectivity index (χ3n) is 0.589. The molecule has 0 aromatic heterocycles. The van der Waals surface area contributed by atoms with E-state index in [9.17, 15) is 4.79 Å². The third kappa shape index (κ3) is 1.64. The van der Waals surface area contributed by atoms with Crippen LogP contribution >= 0.6 is 11.8 Å². The molecule has 0 fully saturated rings. The highest BCUT2D eigenvalue weighted by Gasteiger charge is 2.11. The smallest absolute Gasteiger partial charge is 0.369 e. The monoisotopic (exact) mass is 116 g/mol. The summed E-state index contributed by atoms with van der Waals surface area (Å²) in [5.41, 5.74) is 0. The van der Waals surface area contributed by atoms with Crippen molar-refractivity contribution in [3.63, 3.8) is 0 Å². The zero-order valence-corrected chi connectivity index (χ0v) is 4.36. The molecule has 0 aromatic carbocycles. The lowest BCUT2D eigenvalue weighted by atomic mass is 10.9. The Balaban J connectivity index is 2.21. The van der Waals surface area contributed by atoms with Crippen LogP contribution < -0.4 is 0 Å². The van der Waals surface area contributed by atoms with Gasteiger partial charge in [0.2, 0.25) is 0 Å². The standard InChI is InChI=1S/C4H4O2S/c5-4(6)7-3-1-2-3/h1H,2H2,(H,5,6). The minimum Gasteiger partial charge on any atom is -0.473 e. The summed E-state index contributed by atoms with van der Waals surface area (Å²) in [6.07, 6.45) is 2.77. The second-order valence-corrected chi connectivity index (χ2v) is 2.32. The predicted octanol–water partition coefficient (Wildman–Crippen LogP) is 1.69. The van der Waals surface area contributed by atoms with Crippen LogP contribution in [0.4, 0.5) is 4.79 Å². The SMILES string of the molecule is O=C(O)SC1=CC1. The zero-order chi connectivity index (χ0) is 5.28. The van der Waals surface area contributed by atoms with E-state index in [0.29, 0.717) is 0 Å². The fraction of sp³-hybridized carbons (Fsp3) is 0.250. The Hall–Kier alpha value is -0.440. The molecule has 38 valence electrons. The van der Waals surface area contributed by atoms with Gasteiger partial charge in [-0.15, -0.1) is 0 Å². The Kier molecular flexibility index (Phi) is 1.06. The summed E-state index contributed by atoms with van der Waals surface area (Å²) in [7, 11) is 0. The molecule has 0 radical (unpaired) electrons. The summed E-state index contributed by atoms with van der Waals surface area (Å²) >= 11 is 0.898. The van der Waals surface area contributed by atoms with Crippen LogP contribution in [-0.2, 0) is 0 Å². The van der Waals surface area contributed by atoms with E-state index in [2.05, 4.69) is 0 Å². The molecular weight excluding hydrogens is 112 g/mol. The molecule has 0 aromatic rings. The van der Waals surface area contributed by atoms with Crippen LogP contribution in [-0.4, -0.2) is 10.4 Å². The number of hydrogen-bond donors (Lipinski definition) is 1. The maximum Gasteiger partial charge on any atom is 0.369 e. The molecule has 0 saturated heterocycles. The minimum absolute atomic E-state index is 0.802. The summed E-state index contributed by atoms with van der Waals surface area (Å²) in [4.78, 5) is 10.8. The molecule has 1 N–H and O–H groups in total. The molecule has 7 heavy (non-hydrogen) atoms. The molecule has 0 aliphatic heterocycles. The van der Waals surface area contributed by atoms with E-state index in [1.807, 2.05) is 6.08 Å². The lowest BCUT2D eigenvalue weighted by Gasteiger charge is -1.78. The number of thioether (sulfide) groups is 1. The Morgan fingerprint density at radius 2 is 2.57 bits per heavy atom. The van der Waals surface area contributed by atoms with E-state index >= 15 is 0 Å². The summed E-state index contributed by atoms with van der Waals surface area (Å²) in [6, 6.07) is 0. The van der Waals surface area contributed by atoms with Crippen molar-refractivity contribution in [3.05, 3.63) is 11.0 Å². The molecule has 1 aliphatic carbocycles. The fourth-order valence-corrected chi connectivity index (χ4v) is 0.711. The molecule has 0 atom stereocenters. The van der Waals surface area contributed by atoms with Crippen molar-refractivity contribution in [2.45, 2.75) is 6.42 Å². The van der Waals surface area contributed by atoms with Gasteiger partial charge < -0.3 is 5.11 Å². The molecule has 0 bridgehead atoms. The van der Waals surface area contributed by atoms with E-state index in [1.54, 1.807) is 0 Å². The molecule has 1 rings (SSSR count). The van der Waals surface area contributed by atoms with Crippen LogP contribution in [0, 0.1) is 0 Å². The first-order chi connectivity index (χ1) is 3.29. The van der Waals surface area contributed by atoms with Crippen molar-refractivity contribution < 1.29 is 9.90 Å².